The summed E-state index contributed by atoms with van der Waals surface area (Å²) in [6.07, 6.45) is -0.781. The van der Waals surface area contributed by atoms with Gasteiger partial charge in [-0.1, -0.05) is 22.0 Å². The Hall–Kier alpha value is -2.87. The third-order valence-corrected chi connectivity index (χ3v) is 4.26. The Bertz CT molecular complexity index is 928. The molecule has 1 heterocycles. The van der Waals surface area contributed by atoms with Gasteiger partial charge < -0.3 is 14.2 Å². The van der Waals surface area contributed by atoms with Gasteiger partial charge in [0.1, 0.15) is 0 Å². The number of amides is 1. The lowest BCUT2D eigenvalue weighted by Gasteiger charge is -2.20. The number of methoxy groups -OCH3 is 1. The van der Waals surface area contributed by atoms with Crippen LogP contribution in [0.2, 0.25) is 0 Å². The highest BCUT2D eigenvalue weighted by Gasteiger charge is 2.33. The quantitative estimate of drug-likeness (QED) is 0.544. The van der Waals surface area contributed by atoms with Crippen LogP contribution < -0.4 is 9.47 Å². The summed E-state index contributed by atoms with van der Waals surface area (Å²) >= 11 is 3.41. The summed E-state index contributed by atoms with van der Waals surface area (Å²) in [5, 5.41) is 5.55. The second-order valence-electron chi connectivity index (χ2n) is 5.75. The number of halogens is 1. The highest BCUT2D eigenvalue weighted by Crippen LogP contribution is 2.36. The molecule has 0 radical (unpaired) electrons. The standard InChI is InChI=1S/C19H17BrN2O5/c1-11(23)22-19(27-18(21-22)13-5-4-6-15(20)9-13)14-7-8-16(25-3)17(10-14)26-12(2)24/h4-10,19H,1-3H3/t19-/m0/s1. The molecule has 3 rings (SSSR count). The van der Waals surface area contributed by atoms with Crippen LogP contribution in [-0.4, -0.2) is 29.9 Å². The van der Waals surface area contributed by atoms with Gasteiger partial charge in [-0.05, 0) is 36.4 Å². The highest BCUT2D eigenvalue weighted by molar-refractivity contribution is 9.10. The van der Waals surface area contributed by atoms with Gasteiger partial charge in [0, 0.05) is 29.4 Å². The van der Waals surface area contributed by atoms with E-state index in [4.69, 9.17) is 14.2 Å². The lowest BCUT2D eigenvalue weighted by Crippen LogP contribution is -2.25. The molecule has 2 aromatic rings. The van der Waals surface area contributed by atoms with Crippen molar-refractivity contribution in [3.63, 3.8) is 0 Å². The SMILES string of the molecule is COc1ccc([C@@H]2OC(c3cccc(Br)c3)=NN2C(C)=O)cc1OC(C)=O. The molecule has 1 aliphatic rings. The number of hydrogen-bond donors (Lipinski definition) is 0. The molecule has 27 heavy (non-hydrogen) atoms. The fourth-order valence-corrected chi connectivity index (χ4v) is 3.00. The van der Waals surface area contributed by atoms with Crippen molar-refractivity contribution in [2.75, 3.05) is 7.11 Å². The average molecular weight is 433 g/mol. The van der Waals surface area contributed by atoms with Gasteiger partial charge in [-0.2, -0.15) is 5.01 Å². The van der Waals surface area contributed by atoms with Crippen molar-refractivity contribution >= 4 is 33.7 Å². The smallest absolute Gasteiger partial charge is 0.308 e. The summed E-state index contributed by atoms with van der Waals surface area (Å²) in [7, 11) is 1.48. The Labute approximate surface area is 164 Å². The van der Waals surface area contributed by atoms with E-state index in [2.05, 4.69) is 21.0 Å². The highest BCUT2D eigenvalue weighted by atomic mass is 79.9. The molecule has 0 fully saturated rings. The Kier molecular flexibility index (Phi) is 5.46. The van der Waals surface area contributed by atoms with Gasteiger partial charge in [0.15, 0.2) is 11.5 Å². The maximum Gasteiger partial charge on any atom is 0.308 e. The third-order valence-electron chi connectivity index (χ3n) is 3.76. The molecule has 0 N–H and O–H groups in total. The number of ether oxygens (including phenoxy) is 3. The molecule has 2 aromatic carbocycles. The van der Waals surface area contributed by atoms with Crippen molar-refractivity contribution in [3.8, 4) is 11.5 Å². The number of hydrogen-bond acceptors (Lipinski definition) is 6. The molecule has 0 bridgehead atoms. The molecule has 1 amide bonds. The zero-order chi connectivity index (χ0) is 19.6. The molecule has 8 heteroatoms. The van der Waals surface area contributed by atoms with E-state index in [1.54, 1.807) is 18.2 Å². The molecule has 140 valence electrons. The van der Waals surface area contributed by atoms with Gasteiger partial charge in [-0.25, -0.2) is 0 Å². The topological polar surface area (TPSA) is 77.4 Å². The molecule has 0 spiro atoms. The molecule has 0 unspecified atom stereocenters. The summed E-state index contributed by atoms with van der Waals surface area (Å²) in [5.41, 5.74) is 1.32. The Balaban J connectivity index is 1.96. The number of hydrazone groups is 1. The Morgan fingerprint density at radius 2 is 1.93 bits per heavy atom. The maximum absolute atomic E-state index is 12.1. The maximum atomic E-state index is 12.1. The van der Waals surface area contributed by atoms with Crippen molar-refractivity contribution in [1.82, 2.24) is 5.01 Å². The molecule has 7 nitrogen and oxygen atoms in total. The Morgan fingerprint density at radius 1 is 1.15 bits per heavy atom. The molecule has 0 saturated heterocycles. The van der Waals surface area contributed by atoms with Gasteiger partial charge in [0.25, 0.3) is 0 Å². The minimum atomic E-state index is -0.781. The van der Waals surface area contributed by atoms with Crippen LogP contribution in [0.25, 0.3) is 0 Å². The zero-order valence-electron chi connectivity index (χ0n) is 14.9. The van der Waals surface area contributed by atoms with Crippen molar-refractivity contribution in [3.05, 3.63) is 58.1 Å². The summed E-state index contributed by atoms with van der Waals surface area (Å²) in [6, 6.07) is 12.4. The summed E-state index contributed by atoms with van der Waals surface area (Å²) in [6.45, 7) is 2.70. The van der Waals surface area contributed by atoms with E-state index in [9.17, 15) is 9.59 Å². The zero-order valence-corrected chi connectivity index (χ0v) is 16.5. The number of carbonyl (C=O) groups is 2. The lowest BCUT2D eigenvalue weighted by molar-refractivity contribution is -0.135. The van der Waals surface area contributed by atoms with Crippen LogP contribution in [0.15, 0.2) is 52.0 Å². The van der Waals surface area contributed by atoms with E-state index in [0.717, 1.165) is 10.0 Å². The fourth-order valence-electron chi connectivity index (χ4n) is 2.60. The minimum Gasteiger partial charge on any atom is -0.493 e. The van der Waals surface area contributed by atoms with Crippen molar-refractivity contribution in [2.24, 2.45) is 5.10 Å². The predicted molar refractivity (Wildman–Crippen MR) is 101 cm³/mol. The van der Waals surface area contributed by atoms with Crippen LogP contribution in [0.4, 0.5) is 0 Å². The van der Waals surface area contributed by atoms with Crippen LogP contribution in [0.1, 0.15) is 31.2 Å². The third kappa shape index (κ3) is 4.11. The normalized spacial score (nSPS) is 15.8. The van der Waals surface area contributed by atoms with Crippen LogP contribution in [0.5, 0.6) is 11.5 Å². The molecular weight excluding hydrogens is 416 g/mol. The van der Waals surface area contributed by atoms with Crippen molar-refractivity contribution < 1.29 is 23.8 Å². The molecule has 1 atom stereocenters. The predicted octanol–water partition coefficient (Wildman–Crippen LogP) is 3.62. The summed E-state index contributed by atoms with van der Waals surface area (Å²) in [5.74, 6) is 0.198. The van der Waals surface area contributed by atoms with E-state index in [1.807, 2.05) is 24.3 Å². The number of nitrogens with zero attached hydrogens (tertiary/aromatic N) is 2. The van der Waals surface area contributed by atoms with Gasteiger partial charge in [0.2, 0.25) is 18.0 Å². The monoisotopic (exact) mass is 432 g/mol. The van der Waals surface area contributed by atoms with Crippen LogP contribution in [0.3, 0.4) is 0 Å². The van der Waals surface area contributed by atoms with Crippen LogP contribution in [0, 0.1) is 0 Å². The van der Waals surface area contributed by atoms with Crippen LogP contribution >= 0.6 is 15.9 Å². The first-order valence-electron chi connectivity index (χ1n) is 8.06. The van der Waals surface area contributed by atoms with Crippen molar-refractivity contribution in [2.45, 2.75) is 20.1 Å². The number of esters is 1. The van der Waals surface area contributed by atoms with Gasteiger partial charge in [-0.3, -0.25) is 9.59 Å². The number of rotatable bonds is 4. The summed E-state index contributed by atoms with van der Waals surface area (Å²) < 4.78 is 17.2. The van der Waals surface area contributed by atoms with E-state index in [0.29, 0.717) is 17.2 Å². The van der Waals surface area contributed by atoms with E-state index in [-0.39, 0.29) is 11.7 Å². The van der Waals surface area contributed by atoms with Gasteiger partial charge >= 0.3 is 5.97 Å². The molecule has 0 aliphatic carbocycles. The van der Waals surface area contributed by atoms with E-state index >= 15 is 0 Å². The van der Waals surface area contributed by atoms with Crippen molar-refractivity contribution in [1.29, 1.82) is 0 Å². The van der Waals surface area contributed by atoms with Gasteiger partial charge in [-0.15, -0.1) is 5.10 Å². The Morgan fingerprint density at radius 3 is 2.56 bits per heavy atom. The summed E-state index contributed by atoms with van der Waals surface area (Å²) in [4.78, 5) is 23.4. The fraction of sp³-hybridized carbons (Fsp3) is 0.211. The number of benzene rings is 2. The van der Waals surface area contributed by atoms with Crippen LogP contribution in [-0.2, 0) is 14.3 Å². The van der Waals surface area contributed by atoms with Gasteiger partial charge in [0.05, 0.1) is 7.11 Å². The average Bonchev–Trinajstić information content (AvgIpc) is 3.07. The molecule has 0 saturated carbocycles. The first kappa shape index (κ1) is 18.9. The second kappa shape index (κ2) is 7.79. The second-order valence-corrected chi connectivity index (χ2v) is 6.67. The first-order valence-corrected chi connectivity index (χ1v) is 8.85. The lowest BCUT2D eigenvalue weighted by atomic mass is 10.1. The largest absolute Gasteiger partial charge is 0.493 e. The molecule has 1 aliphatic heterocycles. The number of carbonyl (C=O) groups excluding carboxylic acids is 2. The van der Waals surface area contributed by atoms with E-state index in [1.165, 1.54) is 26.0 Å². The minimum absolute atomic E-state index is 0.241. The van der Waals surface area contributed by atoms with E-state index < -0.39 is 12.2 Å². The molecule has 0 aromatic heterocycles. The molecular formula is C19H17BrN2O5. The first-order chi connectivity index (χ1) is 12.9.